The third-order valence-corrected chi connectivity index (χ3v) is 4.95. The highest BCUT2D eigenvalue weighted by molar-refractivity contribution is 9.10. The zero-order chi connectivity index (χ0) is 14.7. The molecule has 1 aliphatic rings. The maximum atomic E-state index is 14.3. The quantitative estimate of drug-likeness (QED) is 0.722. The van der Waals surface area contributed by atoms with Crippen molar-refractivity contribution in [2.24, 2.45) is 11.8 Å². The third-order valence-electron chi connectivity index (χ3n) is 4.34. The summed E-state index contributed by atoms with van der Waals surface area (Å²) in [5, 5.41) is 3.42. The Morgan fingerprint density at radius 2 is 2.05 bits per heavy atom. The Bertz CT molecular complexity index is 464. The summed E-state index contributed by atoms with van der Waals surface area (Å²) in [4.78, 5) is 0. The fraction of sp³-hybridized carbons (Fsp3) is 0.625. The first-order valence-corrected chi connectivity index (χ1v) is 8.21. The van der Waals surface area contributed by atoms with Crippen molar-refractivity contribution in [3.8, 4) is 0 Å². The lowest BCUT2D eigenvalue weighted by atomic mass is 9.85. The summed E-state index contributed by atoms with van der Waals surface area (Å²) in [7, 11) is 0. The normalized spacial score (nSPS) is 24.1. The molecule has 0 spiro atoms. The lowest BCUT2D eigenvalue weighted by Gasteiger charge is -2.29. The second kappa shape index (κ2) is 6.99. The molecule has 1 nitrogen and oxygen atoms in total. The molecular weight excluding hydrogens is 324 g/mol. The van der Waals surface area contributed by atoms with Gasteiger partial charge in [-0.15, -0.1) is 0 Å². The lowest BCUT2D eigenvalue weighted by molar-refractivity contribution is 0.295. The van der Waals surface area contributed by atoms with Crippen molar-refractivity contribution in [1.29, 1.82) is 0 Å². The number of benzene rings is 1. The van der Waals surface area contributed by atoms with Gasteiger partial charge in [0.25, 0.3) is 0 Å². The van der Waals surface area contributed by atoms with Gasteiger partial charge >= 0.3 is 0 Å². The van der Waals surface area contributed by atoms with Crippen LogP contribution in [0, 0.1) is 23.5 Å². The van der Waals surface area contributed by atoms with Crippen LogP contribution >= 0.6 is 15.9 Å². The maximum absolute atomic E-state index is 14.3. The minimum atomic E-state index is -0.393. The van der Waals surface area contributed by atoms with Crippen LogP contribution in [0.3, 0.4) is 0 Å². The van der Waals surface area contributed by atoms with Crippen molar-refractivity contribution in [3.63, 3.8) is 0 Å². The molecule has 4 heteroatoms. The Kier molecular flexibility index (Phi) is 5.56. The van der Waals surface area contributed by atoms with E-state index in [0.717, 1.165) is 19.4 Å². The largest absolute Gasteiger partial charge is 0.310 e. The van der Waals surface area contributed by atoms with Crippen molar-refractivity contribution < 1.29 is 8.78 Å². The van der Waals surface area contributed by atoms with Gasteiger partial charge in [0.05, 0.1) is 4.47 Å². The van der Waals surface area contributed by atoms with Crippen LogP contribution in [0.4, 0.5) is 8.78 Å². The summed E-state index contributed by atoms with van der Waals surface area (Å²) >= 11 is 3.04. The maximum Gasteiger partial charge on any atom is 0.137 e. The van der Waals surface area contributed by atoms with Crippen LogP contribution in [0.15, 0.2) is 16.6 Å². The second-order valence-electron chi connectivity index (χ2n) is 5.79. The standard InChI is InChI=1S/C16H22BrF2N/c1-3-7-20-16(11-6-4-5-10(11)2)12-8-15(19)13(17)9-14(12)18/h8-11,16,20H,3-7H2,1-2H3. The van der Waals surface area contributed by atoms with E-state index >= 15 is 0 Å². The summed E-state index contributed by atoms with van der Waals surface area (Å²) in [6.07, 6.45) is 4.42. The lowest BCUT2D eigenvalue weighted by Crippen LogP contribution is -2.31. The molecule has 0 amide bonds. The van der Waals surface area contributed by atoms with E-state index < -0.39 is 5.82 Å². The van der Waals surface area contributed by atoms with E-state index in [9.17, 15) is 8.78 Å². The van der Waals surface area contributed by atoms with E-state index in [1.807, 2.05) is 0 Å². The van der Waals surface area contributed by atoms with E-state index in [4.69, 9.17) is 0 Å². The summed E-state index contributed by atoms with van der Waals surface area (Å²) in [6.45, 7) is 5.12. The molecule has 3 unspecified atom stereocenters. The molecular formula is C16H22BrF2N. The van der Waals surface area contributed by atoms with Crippen molar-refractivity contribution in [3.05, 3.63) is 33.8 Å². The predicted molar refractivity (Wildman–Crippen MR) is 81.6 cm³/mol. The summed E-state index contributed by atoms with van der Waals surface area (Å²) in [5.74, 6) is 0.216. The molecule has 0 radical (unpaired) electrons. The highest BCUT2D eigenvalue weighted by Crippen LogP contribution is 2.41. The molecule has 1 aromatic carbocycles. The van der Waals surface area contributed by atoms with Gasteiger partial charge in [-0.3, -0.25) is 0 Å². The molecule has 1 fully saturated rings. The van der Waals surface area contributed by atoms with Gasteiger partial charge in [0.1, 0.15) is 11.6 Å². The van der Waals surface area contributed by atoms with Crippen LogP contribution in [0.25, 0.3) is 0 Å². The van der Waals surface area contributed by atoms with Crippen molar-refractivity contribution >= 4 is 15.9 Å². The molecule has 112 valence electrons. The number of hydrogen-bond donors (Lipinski definition) is 1. The number of nitrogens with one attached hydrogen (secondary N) is 1. The molecule has 1 aliphatic carbocycles. The fourth-order valence-electron chi connectivity index (χ4n) is 3.24. The first-order valence-electron chi connectivity index (χ1n) is 7.42. The molecule has 0 aromatic heterocycles. The van der Waals surface area contributed by atoms with Crippen molar-refractivity contribution in [1.82, 2.24) is 5.32 Å². The summed E-state index contributed by atoms with van der Waals surface area (Å²) in [5.41, 5.74) is 0.470. The van der Waals surface area contributed by atoms with Crippen LogP contribution in [-0.4, -0.2) is 6.54 Å². The van der Waals surface area contributed by atoms with Gasteiger partial charge in [0.15, 0.2) is 0 Å². The Morgan fingerprint density at radius 3 is 2.65 bits per heavy atom. The van der Waals surface area contributed by atoms with Crippen molar-refractivity contribution in [2.45, 2.75) is 45.6 Å². The minimum absolute atomic E-state index is 0.0879. The van der Waals surface area contributed by atoms with E-state index in [2.05, 4.69) is 35.1 Å². The van der Waals surface area contributed by atoms with Crippen LogP contribution in [-0.2, 0) is 0 Å². The van der Waals surface area contributed by atoms with Crippen LogP contribution in [0.5, 0.6) is 0 Å². The average molecular weight is 346 g/mol. The Morgan fingerprint density at radius 1 is 1.30 bits per heavy atom. The van der Waals surface area contributed by atoms with E-state index in [-0.39, 0.29) is 16.3 Å². The van der Waals surface area contributed by atoms with Crippen molar-refractivity contribution in [2.75, 3.05) is 6.54 Å². The zero-order valence-electron chi connectivity index (χ0n) is 12.1. The Balaban J connectivity index is 2.32. The molecule has 0 heterocycles. The van der Waals surface area contributed by atoms with E-state index in [0.29, 0.717) is 17.4 Å². The molecule has 0 saturated heterocycles. The number of rotatable bonds is 5. The van der Waals surface area contributed by atoms with Crippen LogP contribution < -0.4 is 5.32 Å². The van der Waals surface area contributed by atoms with Gasteiger partial charge < -0.3 is 5.32 Å². The first kappa shape index (κ1) is 15.9. The zero-order valence-corrected chi connectivity index (χ0v) is 13.6. The molecule has 1 aromatic rings. The number of hydrogen-bond acceptors (Lipinski definition) is 1. The molecule has 20 heavy (non-hydrogen) atoms. The molecule has 2 rings (SSSR count). The minimum Gasteiger partial charge on any atom is -0.310 e. The van der Waals surface area contributed by atoms with Gasteiger partial charge in [-0.25, -0.2) is 8.78 Å². The van der Waals surface area contributed by atoms with Gasteiger partial charge in [0, 0.05) is 11.6 Å². The van der Waals surface area contributed by atoms with Crippen LogP contribution in [0.1, 0.15) is 51.1 Å². The van der Waals surface area contributed by atoms with Gasteiger partial charge in [0.2, 0.25) is 0 Å². The Hall–Kier alpha value is -0.480. The molecule has 1 N–H and O–H groups in total. The third kappa shape index (κ3) is 3.40. The molecule has 1 saturated carbocycles. The van der Waals surface area contributed by atoms with Gasteiger partial charge in [-0.1, -0.05) is 26.7 Å². The van der Waals surface area contributed by atoms with E-state index in [1.165, 1.54) is 25.0 Å². The fourth-order valence-corrected chi connectivity index (χ4v) is 3.55. The average Bonchev–Trinajstić information content (AvgIpc) is 2.82. The monoisotopic (exact) mass is 345 g/mol. The predicted octanol–water partition coefficient (Wildman–Crippen LogP) is 5.20. The first-order chi connectivity index (χ1) is 9.54. The smallest absolute Gasteiger partial charge is 0.137 e. The Labute approximate surface area is 128 Å². The topological polar surface area (TPSA) is 12.0 Å². The molecule has 3 atom stereocenters. The number of halogens is 3. The summed E-state index contributed by atoms with van der Waals surface area (Å²) in [6, 6.07) is 2.50. The van der Waals surface area contributed by atoms with Crippen LogP contribution in [0.2, 0.25) is 0 Å². The SMILES string of the molecule is CCCNC(c1cc(F)c(Br)cc1F)C1CCCC1C. The molecule has 0 aliphatic heterocycles. The van der Waals surface area contributed by atoms with Gasteiger partial charge in [-0.05, 0) is 59.3 Å². The molecule has 0 bridgehead atoms. The second-order valence-corrected chi connectivity index (χ2v) is 6.65. The summed E-state index contributed by atoms with van der Waals surface area (Å²) < 4.78 is 28.2. The highest BCUT2D eigenvalue weighted by atomic mass is 79.9. The van der Waals surface area contributed by atoms with Gasteiger partial charge in [-0.2, -0.15) is 0 Å². The highest BCUT2D eigenvalue weighted by Gasteiger charge is 2.33. The van der Waals surface area contributed by atoms with E-state index in [1.54, 1.807) is 0 Å².